The molecule has 2 saturated heterocycles. The molecular weight excluding hydrogens is 418 g/mol. The van der Waals surface area contributed by atoms with E-state index in [1.807, 2.05) is 10.6 Å². The van der Waals surface area contributed by atoms with Crippen LogP contribution in [0.4, 0.5) is 17.8 Å². The molecule has 9 nitrogen and oxygen atoms in total. The average Bonchev–Trinajstić information content (AvgIpc) is 2.86. The van der Waals surface area contributed by atoms with Gasteiger partial charge in [-0.05, 0) is 31.2 Å². The summed E-state index contributed by atoms with van der Waals surface area (Å²) in [5, 5.41) is 3.62. The molecule has 2 aromatic heterocycles. The Balaban J connectivity index is 1.30. The minimum atomic E-state index is 0.115. The summed E-state index contributed by atoms with van der Waals surface area (Å²) in [6, 6.07) is 6.10. The molecule has 3 aliphatic heterocycles. The number of rotatable bonds is 4. The zero-order valence-electron chi connectivity index (χ0n) is 19.2. The third-order valence-corrected chi connectivity index (χ3v) is 7.61. The van der Waals surface area contributed by atoms with E-state index in [2.05, 4.69) is 21.2 Å². The number of hydrogen-bond donors (Lipinski definition) is 1. The largest absolute Gasteiger partial charge is 0.378 e. The van der Waals surface area contributed by atoms with Crippen molar-refractivity contribution in [3.63, 3.8) is 0 Å². The molecule has 33 heavy (non-hydrogen) atoms. The van der Waals surface area contributed by atoms with E-state index in [9.17, 15) is 4.79 Å². The number of nitrogens with one attached hydrogen (secondary N) is 1. The lowest BCUT2D eigenvalue weighted by Gasteiger charge is -2.43. The number of hydrogen-bond acceptors (Lipinski definition) is 8. The molecule has 1 N–H and O–H groups in total. The van der Waals surface area contributed by atoms with Gasteiger partial charge in [-0.25, -0.2) is 0 Å². The average molecular weight is 452 g/mol. The van der Waals surface area contributed by atoms with Gasteiger partial charge in [-0.2, -0.15) is 15.0 Å². The zero-order chi connectivity index (χ0) is 22.2. The third-order valence-electron chi connectivity index (χ3n) is 7.61. The first-order valence-corrected chi connectivity index (χ1v) is 12.5. The Bertz CT molecular complexity index is 1050. The van der Waals surface area contributed by atoms with Crippen molar-refractivity contribution < 1.29 is 4.74 Å². The number of aromatic nitrogens is 4. The lowest BCUT2D eigenvalue weighted by Crippen LogP contribution is -2.48. The smallest absolute Gasteiger partial charge is 0.250 e. The molecule has 4 aliphatic rings. The summed E-state index contributed by atoms with van der Waals surface area (Å²) in [4.78, 5) is 31.6. The fraction of sp³-hybridized carbons (Fsp3) is 0.667. The summed E-state index contributed by atoms with van der Waals surface area (Å²) >= 11 is 0. The predicted molar refractivity (Wildman–Crippen MR) is 127 cm³/mol. The number of pyridine rings is 1. The summed E-state index contributed by atoms with van der Waals surface area (Å²) in [5.41, 5.74) is 1.26. The predicted octanol–water partition coefficient (Wildman–Crippen LogP) is 2.24. The standard InChI is InChI=1S/C24H33N7O2/c32-21-8-4-7-20-18-13-17(15-31(20)21)14-30(16-18)24-27-22(25-19-5-2-1-3-6-19)26-23(28-24)29-9-11-33-12-10-29/h4,7-8,17-19H,1-3,5-6,9-16H2,(H,25,26,27,28). The Morgan fingerprint density at radius 1 is 0.909 bits per heavy atom. The van der Waals surface area contributed by atoms with Gasteiger partial charge in [-0.1, -0.05) is 25.3 Å². The summed E-state index contributed by atoms with van der Waals surface area (Å²) in [6.07, 6.45) is 7.32. The Morgan fingerprint density at radius 3 is 2.52 bits per heavy atom. The summed E-state index contributed by atoms with van der Waals surface area (Å²) < 4.78 is 7.52. The van der Waals surface area contributed by atoms with Crippen molar-refractivity contribution in [1.29, 1.82) is 0 Å². The maximum atomic E-state index is 12.4. The van der Waals surface area contributed by atoms with Gasteiger partial charge in [0.25, 0.3) is 5.56 Å². The van der Waals surface area contributed by atoms with Crippen molar-refractivity contribution in [3.05, 3.63) is 34.2 Å². The number of morpholine rings is 1. The topological polar surface area (TPSA) is 88.4 Å². The summed E-state index contributed by atoms with van der Waals surface area (Å²) in [5.74, 6) is 2.94. The quantitative estimate of drug-likeness (QED) is 0.757. The first-order valence-electron chi connectivity index (χ1n) is 12.5. The molecule has 2 bridgehead atoms. The van der Waals surface area contributed by atoms with Gasteiger partial charge in [0.1, 0.15) is 0 Å². The van der Waals surface area contributed by atoms with E-state index in [0.717, 1.165) is 56.7 Å². The molecule has 0 aromatic carbocycles. The molecule has 1 saturated carbocycles. The lowest BCUT2D eigenvalue weighted by atomic mass is 9.83. The number of anilines is 3. The van der Waals surface area contributed by atoms with Gasteiger partial charge in [0.2, 0.25) is 17.8 Å². The van der Waals surface area contributed by atoms with Gasteiger partial charge < -0.3 is 24.4 Å². The highest BCUT2D eigenvalue weighted by atomic mass is 16.5. The van der Waals surface area contributed by atoms with Crippen LogP contribution in [0.25, 0.3) is 0 Å². The molecular formula is C24H33N7O2. The van der Waals surface area contributed by atoms with Crippen molar-refractivity contribution in [3.8, 4) is 0 Å². The van der Waals surface area contributed by atoms with Gasteiger partial charge >= 0.3 is 0 Å². The van der Waals surface area contributed by atoms with E-state index in [1.54, 1.807) is 6.07 Å². The number of ether oxygens (including phenoxy) is 1. The van der Waals surface area contributed by atoms with Crippen LogP contribution in [0.15, 0.2) is 23.0 Å². The molecule has 1 aliphatic carbocycles. The van der Waals surface area contributed by atoms with Crippen LogP contribution in [-0.2, 0) is 11.3 Å². The number of fused-ring (bicyclic) bond motifs is 4. The Morgan fingerprint density at radius 2 is 1.70 bits per heavy atom. The molecule has 3 fully saturated rings. The van der Waals surface area contributed by atoms with Crippen LogP contribution in [0, 0.1) is 5.92 Å². The highest BCUT2D eigenvalue weighted by Gasteiger charge is 2.36. The minimum absolute atomic E-state index is 0.115. The lowest BCUT2D eigenvalue weighted by molar-refractivity contribution is 0.122. The number of piperidine rings is 1. The van der Waals surface area contributed by atoms with E-state index in [0.29, 0.717) is 37.0 Å². The Kier molecular flexibility index (Phi) is 5.65. The van der Waals surface area contributed by atoms with Gasteiger partial charge in [0.05, 0.1) is 13.2 Å². The second-order valence-corrected chi connectivity index (χ2v) is 9.94. The molecule has 176 valence electrons. The van der Waals surface area contributed by atoms with Gasteiger partial charge in [0, 0.05) is 56.4 Å². The maximum absolute atomic E-state index is 12.4. The SMILES string of the molecule is O=c1cccc2n1CC1CC2CN(c2nc(NC3CCCCC3)nc(N3CCOCC3)n2)C1. The van der Waals surface area contributed by atoms with Crippen molar-refractivity contribution >= 4 is 17.8 Å². The Labute approximate surface area is 194 Å². The van der Waals surface area contributed by atoms with Crippen molar-refractivity contribution in [2.24, 2.45) is 5.92 Å². The maximum Gasteiger partial charge on any atom is 0.250 e. The van der Waals surface area contributed by atoms with Crippen molar-refractivity contribution in [2.45, 2.75) is 57.0 Å². The van der Waals surface area contributed by atoms with E-state index in [1.165, 1.54) is 32.1 Å². The molecule has 0 spiro atoms. The molecule has 5 heterocycles. The minimum Gasteiger partial charge on any atom is -0.378 e. The fourth-order valence-corrected chi connectivity index (χ4v) is 5.95. The van der Waals surface area contributed by atoms with Crippen LogP contribution in [0.3, 0.4) is 0 Å². The first-order chi connectivity index (χ1) is 16.2. The van der Waals surface area contributed by atoms with Crippen molar-refractivity contribution in [1.82, 2.24) is 19.5 Å². The second kappa shape index (κ2) is 8.93. The van der Waals surface area contributed by atoms with Gasteiger partial charge in [-0.3, -0.25) is 4.79 Å². The van der Waals surface area contributed by atoms with E-state index in [4.69, 9.17) is 19.7 Å². The molecule has 2 aromatic rings. The molecule has 2 atom stereocenters. The van der Waals surface area contributed by atoms with Crippen LogP contribution >= 0.6 is 0 Å². The monoisotopic (exact) mass is 451 g/mol. The summed E-state index contributed by atoms with van der Waals surface area (Å²) in [6.45, 7) is 5.47. The molecule has 0 radical (unpaired) electrons. The molecule has 6 rings (SSSR count). The highest BCUT2D eigenvalue weighted by Crippen LogP contribution is 2.36. The second-order valence-electron chi connectivity index (χ2n) is 9.94. The normalized spacial score (nSPS) is 25.6. The van der Waals surface area contributed by atoms with Crippen LogP contribution in [0.2, 0.25) is 0 Å². The number of nitrogens with zero attached hydrogens (tertiary/aromatic N) is 6. The van der Waals surface area contributed by atoms with Gasteiger partial charge in [0.15, 0.2) is 0 Å². The Hall–Kier alpha value is -2.68. The molecule has 9 heteroatoms. The van der Waals surface area contributed by atoms with Crippen LogP contribution < -0.4 is 20.7 Å². The van der Waals surface area contributed by atoms with E-state index in [-0.39, 0.29) is 5.56 Å². The first kappa shape index (κ1) is 20.9. The van der Waals surface area contributed by atoms with E-state index < -0.39 is 0 Å². The third kappa shape index (κ3) is 4.30. The van der Waals surface area contributed by atoms with Crippen LogP contribution in [0.5, 0.6) is 0 Å². The van der Waals surface area contributed by atoms with Crippen LogP contribution in [0.1, 0.15) is 50.1 Å². The van der Waals surface area contributed by atoms with Gasteiger partial charge in [-0.15, -0.1) is 0 Å². The fourth-order valence-electron chi connectivity index (χ4n) is 5.95. The van der Waals surface area contributed by atoms with Crippen LogP contribution in [-0.4, -0.2) is 65.0 Å². The molecule has 2 unspecified atom stereocenters. The van der Waals surface area contributed by atoms with Crippen molar-refractivity contribution in [2.75, 3.05) is 54.5 Å². The zero-order valence-corrected chi connectivity index (χ0v) is 19.2. The van der Waals surface area contributed by atoms with E-state index >= 15 is 0 Å². The highest BCUT2D eigenvalue weighted by molar-refractivity contribution is 5.47. The molecule has 0 amide bonds. The summed E-state index contributed by atoms with van der Waals surface area (Å²) in [7, 11) is 0.